The van der Waals surface area contributed by atoms with Crippen LogP contribution in [0.3, 0.4) is 0 Å². The van der Waals surface area contributed by atoms with Gasteiger partial charge in [-0.25, -0.2) is 0 Å². The second-order valence-electron chi connectivity index (χ2n) is 7.92. The van der Waals surface area contributed by atoms with Crippen LogP contribution in [0, 0.1) is 5.41 Å². The van der Waals surface area contributed by atoms with Crippen molar-refractivity contribution in [1.82, 2.24) is 4.90 Å². The Bertz CT molecular complexity index is 298. The Morgan fingerprint density at radius 2 is 1.67 bits per heavy atom. The fourth-order valence-electron chi connectivity index (χ4n) is 4.02. The van der Waals surface area contributed by atoms with Crippen molar-refractivity contribution in [1.29, 1.82) is 0 Å². The molecule has 2 fully saturated rings. The Balaban J connectivity index is 2.05. The minimum absolute atomic E-state index is 0.0548. The summed E-state index contributed by atoms with van der Waals surface area (Å²) in [5.41, 5.74) is 6.49. The molecule has 0 aromatic carbocycles. The third-order valence-electron chi connectivity index (χ3n) is 4.50. The number of hydrogen-bond acceptors (Lipinski definition) is 3. The first-order chi connectivity index (χ1) is 8.12. The van der Waals surface area contributed by atoms with Crippen LogP contribution in [-0.4, -0.2) is 41.8 Å². The summed E-state index contributed by atoms with van der Waals surface area (Å²) in [6.07, 6.45) is 3.74. The predicted octanol–water partition coefficient (Wildman–Crippen LogP) is 2.39. The Labute approximate surface area is 112 Å². The van der Waals surface area contributed by atoms with E-state index in [1.807, 2.05) is 0 Å². The summed E-state index contributed by atoms with van der Waals surface area (Å²) in [6, 6.07) is 0.367. The monoisotopic (exact) mass is 254 g/mol. The molecule has 1 aliphatic heterocycles. The molecule has 18 heavy (non-hydrogen) atoms. The number of ether oxygens (including phenoxy) is 1. The van der Waals surface area contributed by atoms with Crippen LogP contribution in [-0.2, 0) is 4.74 Å². The van der Waals surface area contributed by atoms with Crippen LogP contribution in [0.4, 0.5) is 0 Å². The van der Waals surface area contributed by atoms with Crippen LogP contribution in [0.2, 0.25) is 0 Å². The topological polar surface area (TPSA) is 38.5 Å². The Hall–Kier alpha value is -0.120. The molecular weight excluding hydrogens is 224 g/mol. The maximum absolute atomic E-state index is 6.31. The molecule has 1 saturated heterocycles. The highest BCUT2D eigenvalue weighted by Crippen LogP contribution is 2.39. The molecule has 2 atom stereocenters. The molecule has 0 aromatic heterocycles. The zero-order valence-electron chi connectivity index (χ0n) is 12.8. The van der Waals surface area contributed by atoms with E-state index < -0.39 is 0 Å². The molecule has 0 bridgehead atoms. The van der Waals surface area contributed by atoms with Gasteiger partial charge in [-0.3, -0.25) is 4.90 Å². The molecule has 0 radical (unpaired) electrons. The maximum atomic E-state index is 6.31. The molecule has 1 aliphatic carbocycles. The van der Waals surface area contributed by atoms with E-state index in [1.165, 1.54) is 19.3 Å². The van der Waals surface area contributed by atoms with Gasteiger partial charge >= 0.3 is 0 Å². The van der Waals surface area contributed by atoms with Crippen LogP contribution >= 0.6 is 0 Å². The SMILES string of the molecule is CC1(C)CN(CC2(C)CCCC2N)CC(C)(C)O1. The van der Waals surface area contributed by atoms with Crippen molar-refractivity contribution in [2.24, 2.45) is 11.1 Å². The van der Waals surface area contributed by atoms with Crippen molar-refractivity contribution in [2.75, 3.05) is 19.6 Å². The van der Waals surface area contributed by atoms with Crippen LogP contribution in [0.1, 0.15) is 53.9 Å². The Morgan fingerprint density at radius 3 is 2.11 bits per heavy atom. The lowest BCUT2D eigenvalue weighted by molar-refractivity contribution is -0.184. The van der Waals surface area contributed by atoms with E-state index in [1.54, 1.807) is 0 Å². The van der Waals surface area contributed by atoms with Gasteiger partial charge in [0.25, 0.3) is 0 Å². The lowest BCUT2D eigenvalue weighted by Gasteiger charge is -2.49. The Morgan fingerprint density at radius 1 is 1.11 bits per heavy atom. The maximum Gasteiger partial charge on any atom is 0.0760 e. The second-order valence-corrected chi connectivity index (χ2v) is 7.92. The van der Waals surface area contributed by atoms with Crippen LogP contribution in [0.25, 0.3) is 0 Å². The van der Waals surface area contributed by atoms with E-state index in [-0.39, 0.29) is 11.2 Å². The normalized spacial score (nSPS) is 40.0. The fraction of sp³-hybridized carbons (Fsp3) is 1.00. The summed E-state index contributed by atoms with van der Waals surface area (Å²) in [5, 5.41) is 0. The minimum atomic E-state index is -0.0548. The van der Waals surface area contributed by atoms with Crippen molar-refractivity contribution in [3.8, 4) is 0 Å². The molecule has 0 amide bonds. The number of rotatable bonds is 2. The lowest BCUT2D eigenvalue weighted by Crippen LogP contribution is -2.59. The Kier molecular flexibility index (Phi) is 3.54. The van der Waals surface area contributed by atoms with Crippen molar-refractivity contribution in [3.05, 3.63) is 0 Å². The largest absolute Gasteiger partial charge is 0.367 e. The van der Waals surface area contributed by atoms with Gasteiger partial charge in [0.15, 0.2) is 0 Å². The summed E-state index contributed by atoms with van der Waals surface area (Å²) in [6.45, 7) is 14.3. The smallest absolute Gasteiger partial charge is 0.0760 e. The molecule has 1 saturated carbocycles. The first-order valence-electron chi connectivity index (χ1n) is 7.30. The van der Waals surface area contributed by atoms with E-state index in [0.29, 0.717) is 11.5 Å². The highest BCUT2D eigenvalue weighted by molar-refractivity contribution is 4.97. The van der Waals surface area contributed by atoms with Crippen molar-refractivity contribution in [3.63, 3.8) is 0 Å². The van der Waals surface area contributed by atoms with Gasteiger partial charge in [0.1, 0.15) is 0 Å². The summed E-state index contributed by atoms with van der Waals surface area (Å²) in [7, 11) is 0. The number of nitrogens with two attached hydrogens (primary N) is 1. The van der Waals surface area contributed by atoms with Gasteiger partial charge in [-0.05, 0) is 46.0 Å². The van der Waals surface area contributed by atoms with Crippen molar-refractivity contribution >= 4 is 0 Å². The molecule has 106 valence electrons. The van der Waals surface area contributed by atoms with Crippen molar-refractivity contribution in [2.45, 2.75) is 71.1 Å². The molecular formula is C15H30N2O. The summed E-state index contributed by atoms with van der Waals surface area (Å²) >= 11 is 0. The number of hydrogen-bond donors (Lipinski definition) is 1. The zero-order chi connectivity index (χ0) is 13.6. The van der Waals surface area contributed by atoms with Gasteiger partial charge in [0.2, 0.25) is 0 Å². The average molecular weight is 254 g/mol. The molecule has 2 aliphatic rings. The van der Waals surface area contributed by atoms with E-state index in [2.05, 4.69) is 39.5 Å². The standard InChI is InChI=1S/C15H30N2O/c1-13(2)9-17(10-14(3,4)18-13)11-15(5)8-6-7-12(15)16/h12H,6-11,16H2,1-5H3. The van der Waals surface area contributed by atoms with Gasteiger partial charge in [0, 0.05) is 25.7 Å². The van der Waals surface area contributed by atoms with Crippen molar-refractivity contribution < 1.29 is 4.74 Å². The van der Waals surface area contributed by atoms with Gasteiger partial charge in [-0.1, -0.05) is 13.3 Å². The lowest BCUT2D eigenvalue weighted by atomic mass is 9.83. The average Bonchev–Trinajstić information content (AvgIpc) is 2.40. The number of morpholine rings is 1. The summed E-state index contributed by atoms with van der Waals surface area (Å²) in [4.78, 5) is 2.56. The molecule has 3 heteroatoms. The van der Waals surface area contributed by atoms with E-state index >= 15 is 0 Å². The van der Waals surface area contributed by atoms with Gasteiger partial charge in [-0.15, -0.1) is 0 Å². The third kappa shape index (κ3) is 3.06. The van der Waals surface area contributed by atoms with Crippen LogP contribution in [0.15, 0.2) is 0 Å². The zero-order valence-corrected chi connectivity index (χ0v) is 12.8. The molecule has 2 unspecified atom stereocenters. The molecule has 1 heterocycles. The predicted molar refractivity (Wildman–Crippen MR) is 75.6 cm³/mol. The highest BCUT2D eigenvalue weighted by atomic mass is 16.5. The van der Waals surface area contributed by atoms with Crippen LogP contribution in [0.5, 0.6) is 0 Å². The number of nitrogens with zero attached hydrogens (tertiary/aromatic N) is 1. The van der Waals surface area contributed by atoms with Gasteiger partial charge in [0.05, 0.1) is 11.2 Å². The highest BCUT2D eigenvalue weighted by Gasteiger charge is 2.43. The summed E-state index contributed by atoms with van der Waals surface area (Å²) in [5.74, 6) is 0. The fourth-order valence-corrected chi connectivity index (χ4v) is 4.02. The minimum Gasteiger partial charge on any atom is -0.367 e. The molecule has 0 aromatic rings. The van der Waals surface area contributed by atoms with E-state index in [9.17, 15) is 0 Å². The first kappa shape index (κ1) is 14.3. The second kappa shape index (κ2) is 4.46. The quantitative estimate of drug-likeness (QED) is 0.822. The molecule has 2 N–H and O–H groups in total. The third-order valence-corrected chi connectivity index (χ3v) is 4.50. The van der Waals surface area contributed by atoms with E-state index in [4.69, 9.17) is 10.5 Å². The van der Waals surface area contributed by atoms with Gasteiger partial charge in [-0.2, -0.15) is 0 Å². The molecule has 2 rings (SSSR count). The molecule has 3 nitrogen and oxygen atoms in total. The van der Waals surface area contributed by atoms with Gasteiger partial charge < -0.3 is 10.5 Å². The van der Waals surface area contributed by atoms with E-state index in [0.717, 1.165) is 19.6 Å². The first-order valence-corrected chi connectivity index (χ1v) is 7.30. The van der Waals surface area contributed by atoms with Crippen LogP contribution < -0.4 is 5.73 Å². The molecule has 0 spiro atoms. The summed E-state index contributed by atoms with van der Waals surface area (Å²) < 4.78 is 6.14.